The first-order valence-corrected chi connectivity index (χ1v) is 6.28. The Morgan fingerprint density at radius 2 is 2.10 bits per heavy atom. The highest BCUT2D eigenvalue weighted by atomic mass is 16.4. The molecule has 20 heavy (non-hydrogen) atoms. The molecule has 2 heterocycles. The number of carboxylic acid groups (broad SMARTS) is 1. The summed E-state index contributed by atoms with van der Waals surface area (Å²) < 4.78 is 5.45. The van der Waals surface area contributed by atoms with Crippen LogP contribution in [0.2, 0.25) is 0 Å². The second kappa shape index (κ2) is 5.32. The van der Waals surface area contributed by atoms with Crippen molar-refractivity contribution in [3.63, 3.8) is 0 Å². The lowest BCUT2D eigenvalue weighted by molar-refractivity contribution is -0.138. The average molecular weight is 276 g/mol. The molecule has 2 aromatic rings. The number of hydrogen-bond acceptors (Lipinski definition) is 4. The van der Waals surface area contributed by atoms with Crippen LogP contribution < -0.4 is 0 Å². The molecule has 2 rings (SSSR count). The van der Waals surface area contributed by atoms with E-state index >= 15 is 0 Å². The summed E-state index contributed by atoms with van der Waals surface area (Å²) in [5, 5.41) is 8.87. The second-order valence-electron chi connectivity index (χ2n) is 4.87. The number of furan rings is 1. The lowest BCUT2D eigenvalue weighted by Crippen LogP contribution is -2.40. The number of aliphatic carboxylic acids is 1. The van der Waals surface area contributed by atoms with Crippen LogP contribution in [0.25, 0.3) is 11.1 Å². The Balaban J connectivity index is 2.35. The van der Waals surface area contributed by atoms with Crippen molar-refractivity contribution in [1.29, 1.82) is 0 Å². The zero-order valence-electron chi connectivity index (χ0n) is 11.6. The monoisotopic (exact) mass is 276 g/mol. The van der Waals surface area contributed by atoms with Crippen molar-refractivity contribution in [2.45, 2.75) is 26.8 Å². The summed E-state index contributed by atoms with van der Waals surface area (Å²) in [5.41, 5.74) is 1.92. The summed E-state index contributed by atoms with van der Waals surface area (Å²) in [4.78, 5) is 28.7. The van der Waals surface area contributed by atoms with Gasteiger partial charge in [0.15, 0.2) is 11.3 Å². The van der Waals surface area contributed by atoms with Crippen molar-refractivity contribution in [3.8, 4) is 0 Å². The Kier molecular flexibility index (Phi) is 3.74. The number of nitrogens with zero attached hydrogens (tertiary/aromatic N) is 2. The van der Waals surface area contributed by atoms with Gasteiger partial charge in [-0.2, -0.15) is 0 Å². The van der Waals surface area contributed by atoms with E-state index in [1.54, 1.807) is 32.0 Å². The summed E-state index contributed by atoms with van der Waals surface area (Å²) in [5.74, 6) is -1.40. The highest BCUT2D eigenvalue weighted by Crippen LogP contribution is 2.20. The number of pyridine rings is 1. The van der Waals surface area contributed by atoms with Gasteiger partial charge >= 0.3 is 5.97 Å². The molecule has 0 aliphatic rings. The third kappa shape index (κ3) is 2.79. The number of hydrogen-bond donors (Lipinski definition) is 1. The third-order valence-electron chi connectivity index (χ3n) is 2.91. The summed E-state index contributed by atoms with van der Waals surface area (Å²) in [6.07, 6.45) is 0. The smallest absolute Gasteiger partial charge is 0.323 e. The Morgan fingerprint density at radius 1 is 1.40 bits per heavy atom. The molecule has 0 saturated carbocycles. The van der Waals surface area contributed by atoms with Crippen LogP contribution in [0.15, 0.2) is 22.6 Å². The van der Waals surface area contributed by atoms with Crippen molar-refractivity contribution in [1.82, 2.24) is 9.88 Å². The van der Waals surface area contributed by atoms with Crippen molar-refractivity contribution >= 4 is 23.0 Å². The fraction of sp³-hybridized carbons (Fsp3) is 0.357. The van der Waals surface area contributed by atoms with Crippen molar-refractivity contribution in [2.24, 2.45) is 0 Å². The van der Waals surface area contributed by atoms with Gasteiger partial charge in [-0.3, -0.25) is 9.59 Å². The number of carbonyl (C=O) groups is 2. The minimum atomic E-state index is -1.06. The summed E-state index contributed by atoms with van der Waals surface area (Å²) in [6.45, 7) is 5.00. The van der Waals surface area contributed by atoms with Crippen molar-refractivity contribution in [3.05, 3.63) is 29.7 Å². The number of aryl methyl sites for hydroxylation is 1. The second-order valence-corrected chi connectivity index (χ2v) is 4.87. The van der Waals surface area contributed by atoms with Crippen molar-refractivity contribution < 1.29 is 19.1 Å². The summed E-state index contributed by atoms with van der Waals surface area (Å²) in [7, 11) is 0. The average Bonchev–Trinajstić information content (AvgIpc) is 2.77. The first-order valence-electron chi connectivity index (χ1n) is 6.28. The molecule has 1 N–H and O–H groups in total. The first-order chi connectivity index (χ1) is 9.38. The van der Waals surface area contributed by atoms with Gasteiger partial charge in [-0.05, 0) is 32.9 Å². The predicted molar refractivity (Wildman–Crippen MR) is 72.6 cm³/mol. The quantitative estimate of drug-likeness (QED) is 0.924. The van der Waals surface area contributed by atoms with Gasteiger partial charge in [-0.1, -0.05) is 0 Å². The minimum Gasteiger partial charge on any atom is -0.480 e. The van der Waals surface area contributed by atoms with E-state index in [2.05, 4.69) is 4.98 Å². The third-order valence-corrected chi connectivity index (χ3v) is 2.91. The van der Waals surface area contributed by atoms with Crippen LogP contribution in [0.5, 0.6) is 0 Å². The van der Waals surface area contributed by atoms with E-state index < -0.39 is 11.9 Å². The van der Waals surface area contributed by atoms with E-state index in [4.69, 9.17) is 9.52 Å². The van der Waals surface area contributed by atoms with Crippen LogP contribution in [-0.2, 0) is 4.79 Å². The Bertz CT molecular complexity index is 660. The Labute approximate surface area is 116 Å². The van der Waals surface area contributed by atoms with Crippen molar-refractivity contribution in [2.75, 3.05) is 6.54 Å². The molecule has 0 atom stereocenters. The zero-order valence-corrected chi connectivity index (χ0v) is 11.6. The maximum absolute atomic E-state index is 12.3. The number of rotatable bonds is 4. The van der Waals surface area contributed by atoms with Crippen LogP contribution >= 0.6 is 0 Å². The fourth-order valence-corrected chi connectivity index (χ4v) is 1.91. The van der Waals surface area contributed by atoms with Gasteiger partial charge in [-0.15, -0.1) is 0 Å². The molecular weight excluding hydrogens is 260 g/mol. The number of fused-ring (bicyclic) bond motifs is 1. The van der Waals surface area contributed by atoms with Crippen LogP contribution in [0, 0.1) is 6.92 Å². The van der Waals surface area contributed by atoms with E-state index in [0.717, 1.165) is 5.69 Å². The van der Waals surface area contributed by atoms with Gasteiger partial charge < -0.3 is 14.4 Å². The maximum atomic E-state index is 12.3. The molecule has 106 valence electrons. The SMILES string of the molecule is Cc1ccc2oc(C(=O)N(CC(=O)O)C(C)C)cc2n1. The molecule has 6 nitrogen and oxygen atoms in total. The number of aromatic nitrogens is 1. The van der Waals surface area contributed by atoms with Gasteiger partial charge in [-0.25, -0.2) is 4.98 Å². The number of carboxylic acids is 1. The van der Waals surface area contributed by atoms with Gasteiger partial charge in [0.05, 0.1) is 0 Å². The minimum absolute atomic E-state index is 0.105. The predicted octanol–water partition coefficient (Wildman–Crippen LogP) is 2.07. The van der Waals surface area contributed by atoms with Gasteiger partial charge in [0.25, 0.3) is 5.91 Å². The number of carbonyl (C=O) groups excluding carboxylic acids is 1. The first kappa shape index (κ1) is 14.0. The molecule has 0 spiro atoms. The van der Waals surface area contributed by atoms with Gasteiger partial charge in [0.1, 0.15) is 12.1 Å². The van der Waals surface area contributed by atoms with Crippen LogP contribution in [0.4, 0.5) is 0 Å². The molecule has 0 aliphatic heterocycles. The Hall–Kier alpha value is -2.37. The highest BCUT2D eigenvalue weighted by Gasteiger charge is 2.24. The molecule has 0 aliphatic carbocycles. The number of amides is 1. The molecule has 0 bridgehead atoms. The van der Waals surface area contributed by atoms with Gasteiger partial charge in [0, 0.05) is 17.8 Å². The van der Waals surface area contributed by atoms with E-state index in [-0.39, 0.29) is 18.3 Å². The molecule has 2 aromatic heterocycles. The highest BCUT2D eigenvalue weighted by molar-refractivity contribution is 5.96. The molecule has 0 radical (unpaired) electrons. The topological polar surface area (TPSA) is 83.6 Å². The van der Waals surface area contributed by atoms with Gasteiger partial charge in [0.2, 0.25) is 0 Å². The van der Waals surface area contributed by atoms with E-state index in [9.17, 15) is 9.59 Å². The van der Waals surface area contributed by atoms with E-state index in [0.29, 0.717) is 11.1 Å². The van der Waals surface area contributed by atoms with E-state index in [1.807, 2.05) is 6.92 Å². The molecule has 0 unspecified atom stereocenters. The molecule has 0 aromatic carbocycles. The summed E-state index contributed by atoms with van der Waals surface area (Å²) >= 11 is 0. The van der Waals surface area contributed by atoms with Crippen LogP contribution in [0.1, 0.15) is 30.1 Å². The lowest BCUT2D eigenvalue weighted by Gasteiger charge is -2.23. The normalized spacial score (nSPS) is 11.0. The largest absolute Gasteiger partial charge is 0.480 e. The summed E-state index contributed by atoms with van der Waals surface area (Å²) in [6, 6.07) is 4.84. The van der Waals surface area contributed by atoms with Crippen LogP contribution in [-0.4, -0.2) is 39.5 Å². The van der Waals surface area contributed by atoms with E-state index in [1.165, 1.54) is 4.90 Å². The molecule has 6 heteroatoms. The standard InChI is InChI=1S/C14H16N2O4/c1-8(2)16(7-13(17)18)14(19)12-6-10-11(20-12)5-4-9(3)15-10/h4-6,8H,7H2,1-3H3,(H,17,18). The van der Waals surface area contributed by atoms with Crippen LogP contribution in [0.3, 0.4) is 0 Å². The molecule has 1 amide bonds. The Morgan fingerprint density at radius 3 is 2.70 bits per heavy atom. The lowest BCUT2D eigenvalue weighted by atomic mass is 10.2. The fourth-order valence-electron chi connectivity index (χ4n) is 1.91. The zero-order chi connectivity index (χ0) is 14.9. The maximum Gasteiger partial charge on any atom is 0.323 e. The molecule has 0 fully saturated rings. The molecule has 0 saturated heterocycles. The molecular formula is C14H16N2O4.